The molecular weight excluding hydrogens is 202 g/mol. The van der Waals surface area contributed by atoms with Crippen LogP contribution in [0.3, 0.4) is 0 Å². The molecule has 2 rings (SSSR count). The van der Waals surface area contributed by atoms with Gasteiger partial charge < -0.3 is 9.64 Å². The van der Waals surface area contributed by atoms with E-state index in [9.17, 15) is 4.79 Å². The number of carbonyl (C=O) groups excluding carboxylic acids is 1. The van der Waals surface area contributed by atoms with Crippen molar-refractivity contribution in [2.45, 2.75) is 38.5 Å². The van der Waals surface area contributed by atoms with E-state index in [4.69, 9.17) is 4.74 Å². The van der Waals surface area contributed by atoms with Gasteiger partial charge >= 0.3 is 0 Å². The van der Waals surface area contributed by atoms with E-state index in [-0.39, 0.29) is 0 Å². The number of hydrogen-bond acceptors (Lipinski definition) is 3. The highest BCUT2D eigenvalue weighted by atomic mass is 16.5. The smallest absolute Gasteiger partial charge is 0.160 e. The van der Waals surface area contributed by atoms with Gasteiger partial charge in [-0.15, -0.1) is 0 Å². The van der Waals surface area contributed by atoms with Crippen LogP contribution >= 0.6 is 0 Å². The summed E-state index contributed by atoms with van der Waals surface area (Å²) in [5.74, 6) is 0.367. The lowest BCUT2D eigenvalue weighted by atomic mass is 9.95. The Bertz CT molecular complexity index is 267. The second-order valence-corrected chi connectivity index (χ2v) is 4.64. The van der Waals surface area contributed by atoms with Crippen LogP contribution in [0.1, 0.15) is 38.5 Å². The Morgan fingerprint density at radius 2 is 1.69 bits per heavy atom. The van der Waals surface area contributed by atoms with Crippen LogP contribution in [0.25, 0.3) is 0 Å². The van der Waals surface area contributed by atoms with E-state index in [1.165, 1.54) is 19.3 Å². The van der Waals surface area contributed by atoms with Gasteiger partial charge in [0.25, 0.3) is 0 Å². The van der Waals surface area contributed by atoms with Crippen molar-refractivity contribution < 1.29 is 9.53 Å². The summed E-state index contributed by atoms with van der Waals surface area (Å²) in [5.41, 5.74) is 1.04. The van der Waals surface area contributed by atoms with Gasteiger partial charge in [0.15, 0.2) is 5.78 Å². The van der Waals surface area contributed by atoms with Gasteiger partial charge in [-0.25, -0.2) is 0 Å². The predicted octanol–water partition coefficient (Wildman–Crippen LogP) is 2.13. The molecule has 1 aliphatic heterocycles. The summed E-state index contributed by atoms with van der Waals surface area (Å²) >= 11 is 0. The van der Waals surface area contributed by atoms with E-state index in [1.807, 2.05) is 0 Å². The van der Waals surface area contributed by atoms with Crippen molar-refractivity contribution >= 4 is 5.78 Å². The maximum atomic E-state index is 11.9. The SMILES string of the molecule is O=C1CCCCCC/C1=C/N1CCOCC1. The van der Waals surface area contributed by atoms with Gasteiger partial charge in [-0.05, 0) is 19.3 Å². The number of ketones is 1. The van der Waals surface area contributed by atoms with Gasteiger partial charge in [-0.3, -0.25) is 4.79 Å². The molecule has 1 heterocycles. The van der Waals surface area contributed by atoms with Gasteiger partial charge in [0, 0.05) is 31.3 Å². The fourth-order valence-corrected chi connectivity index (χ4v) is 2.32. The number of hydrogen-bond donors (Lipinski definition) is 0. The van der Waals surface area contributed by atoms with Crippen LogP contribution in [0.15, 0.2) is 11.8 Å². The third-order valence-corrected chi connectivity index (χ3v) is 3.34. The Hall–Kier alpha value is -0.830. The molecule has 3 nitrogen and oxygen atoms in total. The maximum Gasteiger partial charge on any atom is 0.160 e. The molecule has 0 N–H and O–H groups in total. The Kier molecular flexibility index (Phi) is 4.40. The monoisotopic (exact) mass is 223 g/mol. The van der Waals surface area contributed by atoms with E-state index >= 15 is 0 Å². The zero-order chi connectivity index (χ0) is 11.2. The minimum atomic E-state index is 0.367. The molecule has 0 spiro atoms. The Balaban J connectivity index is 1.97. The van der Waals surface area contributed by atoms with Crippen LogP contribution in [-0.4, -0.2) is 37.0 Å². The van der Waals surface area contributed by atoms with Crippen LogP contribution in [0.4, 0.5) is 0 Å². The molecule has 1 saturated heterocycles. The van der Waals surface area contributed by atoms with Crippen LogP contribution in [0.2, 0.25) is 0 Å². The highest BCUT2D eigenvalue weighted by Gasteiger charge is 2.14. The summed E-state index contributed by atoms with van der Waals surface area (Å²) < 4.78 is 5.30. The van der Waals surface area contributed by atoms with Crippen molar-refractivity contribution in [2.75, 3.05) is 26.3 Å². The average molecular weight is 223 g/mol. The van der Waals surface area contributed by atoms with Crippen molar-refractivity contribution in [2.24, 2.45) is 0 Å². The van der Waals surface area contributed by atoms with Crippen molar-refractivity contribution in [1.82, 2.24) is 4.90 Å². The zero-order valence-corrected chi connectivity index (χ0v) is 9.91. The zero-order valence-electron chi connectivity index (χ0n) is 9.91. The third kappa shape index (κ3) is 3.34. The Morgan fingerprint density at radius 3 is 2.44 bits per heavy atom. The number of allylic oxidation sites excluding steroid dienone is 1. The number of ether oxygens (including phenoxy) is 1. The summed E-state index contributed by atoms with van der Waals surface area (Å²) in [6.07, 6.45) is 8.54. The summed E-state index contributed by atoms with van der Waals surface area (Å²) in [4.78, 5) is 14.1. The molecule has 0 amide bonds. The molecule has 2 fully saturated rings. The van der Waals surface area contributed by atoms with Gasteiger partial charge in [0.05, 0.1) is 13.2 Å². The summed E-state index contributed by atoms with van der Waals surface area (Å²) in [6.45, 7) is 3.43. The third-order valence-electron chi connectivity index (χ3n) is 3.34. The van der Waals surface area contributed by atoms with E-state index in [0.29, 0.717) is 5.78 Å². The largest absolute Gasteiger partial charge is 0.378 e. The van der Waals surface area contributed by atoms with Crippen LogP contribution in [0.5, 0.6) is 0 Å². The van der Waals surface area contributed by atoms with Crippen molar-refractivity contribution in [3.8, 4) is 0 Å². The lowest BCUT2D eigenvalue weighted by molar-refractivity contribution is -0.116. The Labute approximate surface area is 97.5 Å². The molecule has 2 aliphatic rings. The highest BCUT2D eigenvalue weighted by molar-refractivity contribution is 5.95. The fourth-order valence-electron chi connectivity index (χ4n) is 2.32. The predicted molar refractivity (Wildman–Crippen MR) is 63.2 cm³/mol. The second-order valence-electron chi connectivity index (χ2n) is 4.64. The first-order valence-corrected chi connectivity index (χ1v) is 6.42. The second kappa shape index (κ2) is 6.04. The quantitative estimate of drug-likeness (QED) is 0.638. The molecule has 0 bridgehead atoms. The molecule has 1 saturated carbocycles. The number of rotatable bonds is 1. The normalized spacial score (nSPS) is 26.6. The standard InChI is InChI=1S/C13H21NO2/c15-13-6-4-2-1-3-5-12(13)11-14-7-9-16-10-8-14/h11H,1-10H2/b12-11-. The highest BCUT2D eigenvalue weighted by Crippen LogP contribution is 2.19. The summed E-state index contributed by atoms with van der Waals surface area (Å²) in [7, 11) is 0. The first-order valence-electron chi connectivity index (χ1n) is 6.42. The van der Waals surface area contributed by atoms with Crippen LogP contribution in [0, 0.1) is 0 Å². The molecule has 0 aromatic rings. The Morgan fingerprint density at radius 1 is 1.00 bits per heavy atom. The molecule has 16 heavy (non-hydrogen) atoms. The molecule has 90 valence electrons. The number of Topliss-reactive ketones (excluding diaryl/α,β-unsaturated/α-hetero) is 1. The molecule has 3 heteroatoms. The first kappa shape index (κ1) is 11.6. The molecule has 0 aromatic carbocycles. The minimum Gasteiger partial charge on any atom is -0.378 e. The lowest BCUT2D eigenvalue weighted by Gasteiger charge is -2.26. The fraction of sp³-hybridized carbons (Fsp3) is 0.769. The van der Waals surface area contributed by atoms with Crippen molar-refractivity contribution in [3.63, 3.8) is 0 Å². The van der Waals surface area contributed by atoms with E-state index in [1.54, 1.807) is 0 Å². The summed E-state index contributed by atoms with van der Waals surface area (Å²) in [6, 6.07) is 0. The number of carbonyl (C=O) groups is 1. The van der Waals surface area contributed by atoms with Gasteiger partial charge in [-0.1, -0.05) is 12.8 Å². The van der Waals surface area contributed by atoms with Crippen molar-refractivity contribution in [1.29, 1.82) is 0 Å². The summed E-state index contributed by atoms with van der Waals surface area (Å²) in [5, 5.41) is 0. The number of morpholine rings is 1. The van der Waals surface area contributed by atoms with Crippen LogP contribution < -0.4 is 0 Å². The van der Waals surface area contributed by atoms with E-state index < -0.39 is 0 Å². The molecule has 0 aromatic heterocycles. The number of nitrogens with zero attached hydrogens (tertiary/aromatic N) is 1. The minimum absolute atomic E-state index is 0.367. The van der Waals surface area contributed by atoms with E-state index in [0.717, 1.165) is 51.1 Å². The van der Waals surface area contributed by atoms with Crippen molar-refractivity contribution in [3.05, 3.63) is 11.8 Å². The van der Waals surface area contributed by atoms with Gasteiger partial charge in [0.1, 0.15) is 0 Å². The molecular formula is C13H21NO2. The van der Waals surface area contributed by atoms with E-state index in [2.05, 4.69) is 11.1 Å². The topological polar surface area (TPSA) is 29.5 Å². The molecule has 0 atom stereocenters. The lowest BCUT2D eigenvalue weighted by Crippen LogP contribution is -2.32. The van der Waals surface area contributed by atoms with Crippen LogP contribution in [-0.2, 0) is 9.53 Å². The molecule has 1 aliphatic carbocycles. The van der Waals surface area contributed by atoms with Gasteiger partial charge in [0.2, 0.25) is 0 Å². The molecule has 0 unspecified atom stereocenters. The average Bonchev–Trinajstić information content (AvgIpc) is 2.30. The molecule has 0 radical (unpaired) electrons. The van der Waals surface area contributed by atoms with Gasteiger partial charge in [-0.2, -0.15) is 0 Å². The first-order chi connectivity index (χ1) is 7.86. The maximum absolute atomic E-state index is 11.9.